The molecule has 0 heterocycles. The van der Waals surface area contributed by atoms with Crippen molar-refractivity contribution in [2.75, 3.05) is 0 Å². The van der Waals surface area contributed by atoms with E-state index < -0.39 is 13.9 Å². The van der Waals surface area contributed by atoms with Gasteiger partial charge in [-0.3, -0.25) is 0 Å². The van der Waals surface area contributed by atoms with Crippen molar-refractivity contribution in [3.05, 3.63) is 29.3 Å². The molecule has 0 bridgehead atoms. The number of aliphatic hydroxyl groups is 1. The van der Waals surface area contributed by atoms with Gasteiger partial charge in [0.15, 0.2) is 0 Å². The smallest absolute Gasteiger partial charge is 0.242 e. The second-order valence-corrected chi connectivity index (χ2v) is 14.4. The van der Waals surface area contributed by atoms with Gasteiger partial charge in [-0.1, -0.05) is 18.9 Å². The summed E-state index contributed by atoms with van der Waals surface area (Å²) in [5.41, 5.74) is 2.00. The Kier molecular flexibility index (Phi) is 4.10. The van der Waals surface area contributed by atoms with Gasteiger partial charge in [-0.2, -0.15) is 0 Å². The monoisotopic (exact) mass is 368 g/mol. The Morgan fingerprint density at radius 2 is 1.96 bits per heavy atom. The molecule has 3 aliphatic carbocycles. The van der Waals surface area contributed by atoms with E-state index in [1.165, 1.54) is 17.5 Å². The van der Waals surface area contributed by atoms with E-state index >= 15 is 0 Å². The molecule has 0 radical (unpaired) electrons. The quantitative estimate of drug-likeness (QED) is 0.580. The summed E-state index contributed by atoms with van der Waals surface area (Å²) in [5.74, 6) is 5.64. The first-order chi connectivity index (χ1) is 12.2. The zero-order valence-electron chi connectivity index (χ0n) is 16.6. The highest BCUT2D eigenvalue weighted by Gasteiger charge is 2.61. The van der Waals surface area contributed by atoms with Crippen LogP contribution in [0.3, 0.4) is 0 Å². The fourth-order valence-electron chi connectivity index (χ4n) is 6.23. The Morgan fingerprint density at radius 3 is 2.65 bits per heavy atom. The SMILES string of the molecule is C#CC1(O)CCC2C3CCc4cc(O[Si](C)(C)C)ccc4C3CCC21C. The summed E-state index contributed by atoms with van der Waals surface area (Å²) in [4.78, 5) is 0. The fraction of sp³-hybridized carbons (Fsp3) is 0.652. The molecule has 4 rings (SSSR count). The average Bonchev–Trinajstić information content (AvgIpc) is 2.85. The Balaban J connectivity index is 1.63. The van der Waals surface area contributed by atoms with E-state index in [0.717, 1.165) is 37.9 Å². The Morgan fingerprint density at radius 1 is 1.19 bits per heavy atom. The zero-order chi connectivity index (χ0) is 18.7. The summed E-state index contributed by atoms with van der Waals surface area (Å²) in [6, 6.07) is 6.80. The molecule has 3 heteroatoms. The first-order valence-electron chi connectivity index (χ1n) is 10.2. The van der Waals surface area contributed by atoms with Crippen LogP contribution in [0.5, 0.6) is 5.75 Å². The molecule has 1 aromatic rings. The first kappa shape index (κ1) is 18.1. The number of aryl methyl sites for hydroxylation is 1. The van der Waals surface area contributed by atoms with Gasteiger partial charge in [-0.15, -0.1) is 6.42 Å². The summed E-state index contributed by atoms with van der Waals surface area (Å²) < 4.78 is 6.21. The second-order valence-electron chi connectivity index (χ2n) is 9.99. The molecule has 1 aromatic carbocycles. The number of benzene rings is 1. The van der Waals surface area contributed by atoms with E-state index in [0.29, 0.717) is 17.8 Å². The molecule has 0 amide bonds. The summed E-state index contributed by atoms with van der Waals surface area (Å²) in [7, 11) is -1.57. The van der Waals surface area contributed by atoms with Crippen molar-refractivity contribution < 1.29 is 9.53 Å². The third-order valence-corrected chi connectivity index (χ3v) is 8.36. The lowest BCUT2D eigenvalue weighted by Gasteiger charge is -2.52. The molecule has 140 valence electrons. The molecule has 26 heavy (non-hydrogen) atoms. The van der Waals surface area contributed by atoms with Crippen LogP contribution in [-0.2, 0) is 6.42 Å². The van der Waals surface area contributed by atoms with Crippen molar-refractivity contribution in [2.45, 2.75) is 76.6 Å². The van der Waals surface area contributed by atoms with E-state index in [4.69, 9.17) is 10.8 Å². The van der Waals surface area contributed by atoms with Crippen molar-refractivity contribution >= 4 is 8.32 Å². The Bertz CT molecular complexity index is 758. The molecule has 2 fully saturated rings. The molecule has 1 N–H and O–H groups in total. The van der Waals surface area contributed by atoms with Crippen LogP contribution in [0.4, 0.5) is 0 Å². The number of terminal acetylenes is 1. The highest BCUT2D eigenvalue weighted by molar-refractivity contribution is 6.70. The van der Waals surface area contributed by atoms with Gasteiger partial charge in [0.25, 0.3) is 0 Å². The minimum atomic E-state index is -1.57. The zero-order valence-corrected chi connectivity index (χ0v) is 17.6. The maximum Gasteiger partial charge on any atom is 0.242 e. The first-order valence-corrected chi connectivity index (χ1v) is 13.6. The van der Waals surface area contributed by atoms with Crippen LogP contribution >= 0.6 is 0 Å². The molecular weight excluding hydrogens is 336 g/mol. The summed E-state index contributed by atoms with van der Waals surface area (Å²) >= 11 is 0. The number of rotatable bonds is 2. The number of fused-ring (bicyclic) bond motifs is 5. The van der Waals surface area contributed by atoms with E-state index in [1.54, 1.807) is 0 Å². The molecule has 3 aliphatic rings. The molecule has 5 unspecified atom stereocenters. The molecular formula is C23H32O2Si. The van der Waals surface area contributed by atoms with Crippen LogP contribution in [0, 0.1) is 29.6 Å². The lowest BCUT2D eigenvalue weighted by atomic mass is 9.53. The average molecular weight is 369 g/mol. The van der Waals surface area contributed by atoms with Crippen LogP contribution < -0.4 is 4.43 Å². The van der Waals surface area contributed by atoms with Gasteiger partial charge >= 0.3 is 0 Å². The van der Waals surface area contributed by atoms with Gasteiger partial charge in [-0.05, 0) is 99.2 Å². The maximum atomic E-state index is 11.0. The summed E-state index contributed by atoms with van der Waals surface area (Å²) in [6.07, 6.45) is 12.1. The van der Waals surface area contributed by atoms with Gasteiger partial charge in [-0.25, -0.2) is 0 Å². The third kappa shape index (κ3) is 2.65. The van der Waals surface area contributed by atoms with Crippen molar-refractivity contribution in [1.82, 2.24) is 0 Å². The lowest BCUT2D eigenvalue weighted by Crippen LogP contribution is -2.50. The van der Waals surface area contributed by atoms with Gasteiger partial charge in [0.2, 0.25) is 8.32 Å². The molecule has 2 saturated carbocycles. The minimum Gasteiger partial charge on any atom is -0.544 e. The summed E-state index contributed by atoms with van der Waals surface area (Å²) in [5, 5.41) is 11.0. The van der Waals surface area contributed by atoms with Gasteiger partial charge in [0, 0.05) is 5.41 Å². The van der Waals surface area contributed by atoms with Crippen molar-refractivity contribution in [3.63, 3.8) is 0 Å². The normalized spacial score (nSPS) is 38.7. The highest BCUT2D eigenvalue weighted by Crippen LogP contribution is 2.64. The van der Waals surface area contributed by atoms with Crippen LogP contribution in [0.25, 0.3) is 0 Å². The molecule has 0 saturated heterocycles. The van der Waals surface area contributed by atoms with Gasteiger partial charge < -0.3 is 9.53 Å². The molecule has 0 aromatic heterocycles. The van der Waals surface area contributed by atoms with Crippen molar-refractivity contribution in [3.8, 4) is 18.1 Å². The predicted molar refractivity (Wildman–Crippen MR) is 109 cm³/mol. The van der Waals surface area contributed by atoms with E-state index in [1.807, 2.05) is 0 Å². The maximum absolute atomic E-state index is 11.0. The van der Waals surface area contributed by atoms with E-state index in [2.05, 4.69) is 50.7 Å². The minimum absolute atomic E-state index is 0.110. The van der Waals surface area contributed by atoms with E-state index in [-0.39, 0.29) is 5.41 Å². The van der Waals surface area contributed by atoms with Crippen molar-refractivity contribution in [2.24, 2.45) is 17.3 Å². The Hall–Kier alpha value is -1.24. The number of hydrogen-bond donors (Lipinski definition) is 1. The lowest BCUT2D eigenvalue weighted by molar-refractivity contribution is -0.0646. The molecule has 0 spiro atoms. The highest BCUT2D eigenvalue weighted by atomic mass is 28.4. The van der Waals surface area contributed by atoms with E-state index in [9.17, 15) is 5.11 Å². The number of hydrogen-bond acceptors (Lipinski definition) is 2. The molecule has 0 aliphatic heterocycles. The molecule has 5 atom stereocenters. The Labute approximate surface area is 159 Å². The summed E-state index contributed by atoms with van der Waals surface area (Å²) in [6.45, 7) is 8.95. The topological polar surface area (TPSA) is 29.5 Å². The predicted octanol–water partition coefficient (Wildman–Crippen LogP) is 5.12. The largest absolute Gasteiger partial charge is 0.544 e. The van der Waals surface area contributed by atoms with Crippen LogP contribution in [-0.4, -0.2) is 19.0 Å². The third-order valence-electron chi connectivity index (χ3n) is 7.51. The standard InChI is InChI=1S/C23H32O2Si/c1-6-23(24)14-12-21-20-9-7-16-15-17(25-26(3,4)5)8-10-18(16)19(20)11-13-22(21,23)2/h1,8,10,15,19-21,24H,7,9,11-14H2,2-5H3. The van der Waals surface area contributed by atoms with Gasteiger partial charge in [0.05, 0.1) is 0 Å². The molecule has 2 nitrogen and oxygen atoms in total. The fourth-order valence-corrected chi connectivity index (χ4v) is 7.06. The van der Waals surface area contributed by atoms with Crippen molar-refractivity contribution in [1.29, 1.82) is 0 Å². The van der Waals surface area contributed by atoms with Crippen LogP contribution in [0.1, 0.15) is 56.1 Å². The second kappa shape index (κ2) is 5.88. The van der Waals surface area contributed by atoms with Gasteiger partial charge in [0.1, 0.15) is 11.4 Å². The van der Waals surface area contributed by atoms with Crippen LogP contribution in [0.2, 0.25) is 19.6 Å². The van der Waals surface area contributed by atoms with Crippen LogP contribution in [0.15, 0.2) is 18.2 Å².